The van der Waals surface area contributed by atoms with E-state index in [4.69, 9.17) is 9.47 Å². The van der Waals surface area contributed by atoms with Crippen molar-refractivity contribution >= 4 is 0 Å². The monoisotopic (exact) mass is 274 g/mol. The largest absolute Gasteiger partial charge is 0.391 e. The molecule has 1 aliphatic heterocycles. The molecule has 7 nitrogen and oxygen atoms in total. The maximum Gasteiger partial charge on any atom is 0.330 e. The van der Waals surface area contributed by atoms with Gasteiger partial charge in [0.2, 0.25) is 0 Å². The van der Waals surface area contributed by atoms with Crippen LogP contribution in [0.2, 0.25) is 0 Å². The summed E-state index contributed by atoms with van der Waals surface area (Å²) >= 11 is 0. The first kappa shape index (κ1) is 13.9. The van der Waals surface area contributed by atoms with Gasteiger partial charge < -0.3 is 14.6 Å². The van der Waals surface area contributed by atoms with E-state index >= 15 is 0 Å². The first-order valence-corrected chi connectivity index (χ1v) is 5.89. The fourth-order valence-electron chi connectivity index (χ4n) is 2.10. The second-order valence-corrected chi connectivity index (χ2v) is 4.25. The topological polar surface area (TPSA) is 93.5 Å². The molecule has 0 bridgehead atoms. The van der Waals surface area contributed by atoms with Gasteiger partial charge in [0, 0.05) is 25.3 Å². The third kappa shape index (κ3) is 2.60. The van der Waals surface area contributed by atoms with Gasteiger partial charge >= 0.3 is 5.69 Å². The van der Waals surface area contributed by atoms with E-state index in [0.29, 0.717) is 0 Å². The van der Waals surface area contributed by atoms with Crippen molar-refractivity contribution in [2.45, 2.75) is 31.5 Å². The predicted octanol–water partition coefficient (Wildman–Crippen LogP) is -0.481. The Kier molecular flexibility index (Phi) is 3.83. The van der Waals surface area contributed by atoms with Crippen molar-refractivity contribution in [3.8, 4) is 0 Å². The molecule has 1 fully saturated rings. The lowest BCUT2D eigenvalue weighted by Crippen LogP contribution is -2.38. The number of ether oxygens (including phenoxy) is 2. The fraction of sp³-hybridized carbons (Fsp3) is 0.636. The second kappa shape index (κ2) is 5.24. The van der Waals surface area contributed by atoms with E-state index in [1.165, 1.54) is 0 Å². The van der Waals surface area contributed by atoms with Gasteiger partial charge in [-0.15, -0.1) is 0 Å². The summed E-state index contributed by atoms with van der Waals surface area (Å²) in [6.45, 7) is 1.41. The van der Waals surface area contributed by atoms with Crippen LogP contribution in [-0.2, 0) is 9.47 Å². The molecule has 8 heteroatoms. The average Bonchev–Trinajstić information content (AvgIpc) is 2.68. The highest BCUT2D eigenvalue weighted by atomic mass is 19.1. The molecule has 1 aliphatic rings. The first-order chi connectivity index (χ1) is 9.01. The van der Waals surface area contributed by atoms with Gasteiger partial charge in [-0.3, -0.25) is 14.3 Å². The first-order valence-electron chi connectivity index (χ1n) is 5.89. The molecule has 2 N–H and O–H groups in total. The highest BCUT2D eigenvalue weighted by Crippen LogP contribution is 2.38. The van der Waals surface area contributed by atoms with Crippen molar-refractivity contribution in [1.82, 2.24) is 9.55 Å². The molecule has 0 saturated carbocycles. The second-order valence-electron chi connectivity index (χ2n) is 4.25. The summed E-state index contributed by atoms with van der Waals surface area (Å²) in [5.74, 6) is -1.45. The normalized spacial score (nSPS) is 30.7. The number of halogens is 1. The molecule has 3 unspecified atom stereocenters. The summed E-state index contributed by atoms with van der Waals surface area (Å²) in [5, 5.41) is 9.28. The minimum Gasteiger partial charge on any atom is -0.391 e. The summed E-state index contributed by atoms with van der Waals surface area (Å²) in [4.78, 5) is 24.6. The quantitative estimate of drug-likeness (QED) is 0.773. The highest BCUT2D eigenvalue weighted by Gasteiger charge is 2.48. The molecule has 1 saturated heterocycles. The number of nitrogens with one attached hydrogen (secondary N) is 1. The van der Waals surface area contributed by atoms with E-state index in [9.17, 15) is 19.1 Å². The van der Waals surface area contributed by atoms with Gasteiger partial charge in [-0.25, -0.2) is 9.18 Å². The SMILES string of the molecule is CCOC1(CO)CC(F)C(n2ccc(=O)[nH]c2=O)O1. The number of hydrogen-bond donors (Lipinski definition) is 2. The molecule has 0 radical (unpaired) electrons. The molecular formula is C11H15FN2O5. The van der Waals surface area contributed by atoms with Crippen LogP contribution in [0.25, 0.3) is 0 Å². The molecule has 2 rings (SSSR count). The molecule has 0 spiro atoms. The zero-order chi connectivity index (χ0) is 14.0. The van der Waals surface area contributed by atoms with Crippen LogP contribution in [0.15, 0.2) is 21.9 Å². The van der Waals surface area contributed by atoms with Crippen LogP contribution in [0.5, 0.6) is 0 Å². The third-order valence-electron chi connectivity index (χ3n) is 2.92. The average molecular weight is 274 g/mol. The predicted molar refractivity (Wildman–Crippen MR) is 62.4 cm³/mol. The van der Waals surface area contributed by atoms with E-state index < -0.39 is 36.0 Å². The number of aliphatic hydroxyl groups excluding tert-OH is 1. The van der Waals surface area contributed by atoms with E-state index in [0.717, 1.165) is 16.8 Å². The van der Waals surface area contributed by atoms with E-state index in [1.807, 2.05) is 4.98 Å². The van der Waals surface area contributed by atoms with Crippen LogP contribution in [0.1, 0.15) is 19.6 Å². The van der Waals surface area contributed by atoms with E-state index in [2.05, 4.69) is 0 Å². The third-order valence-corrected chi connectivity index (χ3v) is 2.92. The van der Waals surface area contributed by atoms with Gasteiger partial charge in [-0.1, -0.05) is 0 Å². The number of hydrogen-bond acceptors (Lipinski definition) is 5. The molecule has 0 aliphatic carbocycles. The number of rotatable bonds is 4. The summed E-state index contributed by atoms with van der Waals surface area (Å²) in [6, 6.07) is 1.09. The van der Waals surface area contributed by atoms with Gasteiger partial charge in [0.05, 0.1) is 6.61 Å². The molecular weight excluding hydrogens is 259 g/mol. The Morgan fingerprint density at radius 2 is 2.42 bits per heavy atom. The Bertz CT molecular complexity index is 557. The molecule has 0 amide bonds. The number of alkyl halides is 1. The molecule has 2 heterocycles. The molecule has 1 aromatic rings. The van der Waals surface area contributed by atoms with Crippen LogP contribution in [-0.4, -0.2) is 39.8 Å². The van der Waals surface area contributed by atoms with Gasteiger partial charge in [0.1, 0.15) is 0 Å². The smallest absolute Gasteiger partial charge is 0.330 e. The summed E-state index contributed by atoms with van der Waals surface area (Å²) in [5.41, 5.74) is -1.35. The summed E-state index contributed by atoms with van der Waals surface area (Å²) < 4.78 is 25.5. The maximum atomic E-state index is 14.0. The van der Waals surface area contributed by atoms with Gasteiger partial charge in [0.25, 0.3) is 5.56 Å². The standard InChI is InChI=1S/C11H15FN2O5/c1-2-18-11(6-15)5-7(12)9(19-11)14-4-3-8(16)13-10(14)17/h3-4,7,9,15H,2,5-6H2,1H3,(H,13,16,17). The van der Waals surface area contributed by atoms with Gasteiger partial charge in [-0.05, 0) is 6.92 Å². The van der Waals surface area contributed by atoms with Gasteiger partial charge in [0.15, 0.2) is 18.2 Å². The lowest BCUT2D eigenvalue weighted by Gasteiger charge is -2.26. The van der Waals surface area contributed by atoms with Crippen LogP contribution in [0, 0.1) is 0 Å². The summed E-state index contributed by atoms with van der Waals surface area (Å²) in [7, 11) is 0. The molecule has 3 atom stereocenters. The zero-order valence-electron chi connectivity index (χ0n) is 10.3. The van der Waals surface area contributed by atoms with Crippen molar-refractivity contribution in [2.75, 3.05) is 13.2 Å². The van der Waals surface area contributed by atoms with Crippen LogP contribution in [0.4, 0.5) is 4.39 Å². The lowest BCUT2D eigenvalue weighted by atomic mass is 10.1. The van der Waals surface area contributed by atoms with Crippen molar-refractivity contribution < 1.29 is 19.0 Å². The Hall–Kier alpha value is -1.51. The maximum absolute atomic E-state index is 14.0. The molecule has 1 aromatic heterocycles. The van der Waals surface area contributed by atoms with Crippen LogP contribution < -0.4 is 11.2 Å². The molecule has 106 valence electrons. The number of aromatic nitrogens is 2. The van der Waals surface area contributed by atoms with Crippen molar-refractivity contribution in [3.63, 3.8) is 0 Å². The van der Waals surface area contributed by atoms with Crippen LogP contribution in [0.3, 0.4) is 0 Å². The Labute approximate surface area is 107 Å². The zero-order valence-corrected chi connectivity index (χ0v) is 10.3. The molecule has 19 heavy (non-hydrogen) atoms. The van der Waals surface area contributed by atoms with E-state index in [1.54, 1.807) is 6.92 Å². The van der Waals surface area contributed by atoms with Crippen molar-refractivity contribution in [1.29, 1.82) is 0 Å². The van der Waals surface area contributed by atoms with Crippen LogP contribution >= 0.6 is 0 Å². The number of aliphatic hydroxyl groups is 1. The lowest BCUT2D eigenvalue weighted by molar-refractivity contribution is -0.254. The Balaban J connectivity index is 2.31. The van der Waals surface area contributed by atoms with Crippen molar-refractivity contribution in [3.05, 3.63) is 33.1 Å². The number of H-pyrrole nitrogens is 1. The van der Waals surface area contributed by atoms with E-state index in [-0.39, 0.29) is 13.0 Å². The number of aromatic amines is 1. The van der Waals surface area contributed by atoms with Gasteiger partial charge in [-0.2, -0.15) is 0 Å². The highest BCUT2D eigenvalue weighted by molar-refractivity contribution is 4.91. The minimum absolute atomic E-state index is 0.187. The van der Waals surface area contributed by atoms with Crippen molar-refractivity contribution in [2.24, 2.45) is 0 Å². The fourth-order valence-corrected chi connectivity index (χ4v) is 2.10. The molecule has 0 aromatic carbocycles. The summed E-state index contributed by atoms with van der Waals surface area (Å²) in [6.07, 6.45) is -1.80. The Morgan fingerprint density at radius 1 is 1.68 bits per heavy atom. The number of nitrogens with zero attached hydrogens (tertiary/aromatic N) is 1. The Morgan fingerprint density at radius 3 is 3.00 bits per heavy atom. The minimum atomic E-state index is -1.53.